The van der Waals surface area contributed by atoms with Crippen molar-refractivity contribution < 1.29 is 14.0 Å². The van der Waals surface area contributed by atoms with Crippen LogP contribution < -0.4 is 16.0 Å². The Morgan fingerprint density at radius 1 is 1.13 bits per heavy atom. The second-order valence-corrected chi connectivity index (χ2v) is 10.2. The number of fused-ring (bicyclic) bond motifs is 1. The standard InChI is InChI=1S/C30H31FN6O2/c1-18(2)28(32)29(38)34-25-13-11-21-15-22(31)12-14-27(21)37(30(25)39)17-19-7-9-20(10-8-19)23-5-3-4-6-24(23)26-16-33-36-35-26/h3-10,12,14-16,18,25,28H,11,13,17,32H2,1-2H3,(H,34,38)(H,33,35,36)/t25-,28?/m1/s1. The molecule has 0 fully saturated rings. The van der Waals surface area contributed by atoms with Crippen LogP contribution in [0, 0.1) is 11.7 Å². The zero-order valence-electron chi connectivity index (χ0n) is 21.9. The van der Waals surface area contributed by atoms with Crippen molar-refractivity contribution in [3.05, 3.63) is 89.9 Å². The molecular weight excluding hydrogens is 495 g/mol. The van der Waals surface area contributed by atoms with E-state index in [1.807, 2.05) is 62.4 Å². The lowest BCUT2D eigenvalue weighted by atomic mass is 9.97. The number of H-pyrrole nitrogens is 1. The van der Waals surface area contributed by atoms with Gasteiger partial charge in [0.2, 0.25) is 11.8 Å². The Hall–Kier alpha value is -4.37. The molecule has 2 amide bonds. The second kappa shape index (κ2) is 11.2. The van der Waals surface area contributed by atoms with Gasteiger partial charge in [-0.25, -0.2) is 4.39 Å². The van der Waals surface area contributed by atoms with Gasteiger partial charge in [-0.05, 0) is 59.2 Å². The van der Waals surface area contributed by atoms with Crippen molar-refractivity contribution in [2.24, 2.45) is 11.7 Å². The molecule has 1 aliphatic heterocycles. The van der Waals surface area contributed by atoms with E-state index < -0.39 is 12.1 Å². The SMILES string of the molecule is CC(C)C(N)C(=O)N[C@@H]1CCc2cc(F)ccc2N(Cc2ccc(-c3ccccc3-c3cn[nH]n3)cc2)C1=O. The lowest BCUT2D eigenvalue weighted by Crippen LogP contribution is -2.53. The number of nitrogens with two attached hydrogens (primary N) is 1. The topological polar surface area (TPSA) is 117 Å². The van der Waals surface area contributed by atoms with Gasteiger partial charge in [-0.2, -0.15) is 15.4 Å². The van der Waals surface area contributed by atoms with Gasteiger partial charge in [0, 0.05) is 11.3 Å². The van der Waals surface area contributed by atoms with Gasteiger partial charge in [0.05, 0.1) is 18.8 Å². The summed E-state index contributed by atoms with van der Waals surface area (Å²) in [7, 11) is 0. The van der Waals surface area contributed by atoms with Crippen LogP contribution in [0.4, 0.5) is 10.1 Å². The number of amides is 2. The molecule has 1 aromatic heterocycles. The lowest BCUT2D eigenvalue weighted by molar-refractivity contribution is -0.129. The maximum absolute atomic E-state index is 14.1. The number of aromatic nitrogens is 3. The Balaban J connectivity index is 1.43. The molecule has 2 heterocycles. The van der Waals surface area contributed by atoms with Gasteiger partial charge in [0.1, 0.15) is 17.6 Å². The normalized spacial score (nSPS) is 16.1. The summed E-state index contributed by atoms with van der Waals surface area (Å²) in [6.07, 6.45) is 2.50. The van der Waals surface area contributed by atoms with E-state index in [1.54, 1.807) is 17.2 Å². The summed E-state index contributed by atoms with van der Waals surface area (Å²) in [4.78, 5) is 28.1. The summed E-state index contributed by atoms with van der Waals surface area (Å²) in [5.41, 5.74) is 12.0. The molecule has 9 heteroatoms. The molecule has 0 radical (unpaired) electrons. The number of benzene rings is 3. The van der Waals surface area contributed by atoms with Gasteiger partial charge in [-0.1, -0.05) is 62.4 Å². The molecule has 4 N–H and O–H groups in total. The molecule has 1 aliphatic rings. The summed E-state index contributed by atoms with van der Waals surface area (Å²) < 4.78 is 14.1. The highest BCUT2D eigenvalue weighted by Gasteiger charge is 2.33. The average molecular weight is 527 g/mol. The largest absolute Gasteiger partial charge is 0.343 e. The van der Waals surface area contributed by atoms with E-state index >= 15 is 0 Å². The number of halogens is 1. The Bertz CT molecular complexity index is 1470. The molecule has 1 unspecified atom stereocenters. The van der Waals surface area contributed by atoms with Crippen LogP contribution in [0.25, 0.3) is 22.4 Å². The fraction of sp³-hybridized carbons (Fsp3) is 0.267. The Kier molecular flexibility index (Phi) is 7.51. The van der Waals surface area contributed by atoms with Crippen LogP contribution in [0.3, 0.4) is 0 Å². The summed E-state index contributed by atoms with van der Waals surface area (Å²) in [6.45, 7) is 3.99. The smallest absolute Gasteiger partial charge is 0.249 e. The van der Waals surface area contributed by atoms with Crippen LogP contribution in [-0.4, -0.2) is 39.3 Å². The molecule has 4 aromatic rings. The zero-order chi connectivity index (χ0) is 27.5. The van der Waals surface area contributed by atoms with E-state index in [9.17, 15) is 14.0 Å². The van der Waals surface area contributed by atoms with E-state index in [4.69, 9.17) is 5.73 Å². The van der Waals surface area contributed by atoms with Crippen molar-refractivity contribution in [2.45, 2.75) is 45.3 Å². The Labute approximate surface area is 226 Å². The number of nitrogens with one attached hydrogen (secondary N) is 2. The van der Waals surface area contributed by atoms with Crippen molar-refractivity contribution >= 4 is 17.5 Å². The van der Waals surface area contributed by atoms with Crippen LogP contribution in [-0.2, 0) is 22.6 Å². The van der Waals surface area contributed by atoms with Crippen LogP contribution in [0.5, 0.6) is 0 Å². The Morgan fingerprint density at radius 2 is 1.87 bits per heavy atom. The quantitative estimate of drug-likeness (QED) is 0.333. The molecule has 0 aliphatic carbocycles. The van der Waals surface area contributed by atoms with Crippen LogP contribution >= 0.6 is 0 Å². The molecule has 0 saturated heterocycles. The van der Waals surface area contributed by atoms with Crippen LogP contribution in [0.1, 0.15) is 31.4 Å². The van der Waals surface area contributed by atoms with Crippen molar-refractivity contribution in [2.75, 3.05) is 4.90 Å². The molecule has 5 rings (SSSR count). The second-order valence-electron chi connectivity index (χ2n) is 10.2. The minimum Gasteiger partial charge on any atom is -0.343 e. The van der Waals surface area contributed by atoms with E-state index in [2.05, 4.69) is 20.7 Å². The van der Waals surface area contributed by atoms with Crippen molar-refractivity contribution in [3.63, 3.8) is 0 Å². The zero-order valence-corrected chi connectivity index (χ0v) is 21.9. The predicted octanol–water partition coefficient (Wildman–Crippen LogP) is 4.23. The van der Waals surface area contributed by atoms with E-state index in [0.29, 0.717) is 18.5 Å². The molecule has 0 spiro atoms. The molecule has 3 aromatic carbocycles. The minimum absolute atomic E-state index is 0.0683. The summed E-state index contributed by atoms with van der Waals surface area (Å²) >= 11 is 0. The first-order chi connectivity index (χ1) is 18.8. The minimum atomic E-state index is -0.758. The highest BCUT2D eigenvalue weighted by Crippen LogP contribution is 2.32. The van der Waals surface area contributed by atoms with E-state index in [1.165, 1.54) is 12.1 Å². The van der Waals surface area contributed by atoms with Gasteiger partial charge in [-0.3, -0.25) is 9.59 Å². The molecule has 0 saturated carbocycles. The van der Waals surface area contributed by atoms with Crippen LogP contribution in [0.2, 0.25) is 0 Å². The van der Waals surface area contributed by atoms with Crippen molar-refractivity contribution in [1.29, 1.82) is 0 Å². The number of carbonyl (C=O) groups excluding carboxylic acids is 2. The average Bonchev–Trinajstić information content (AvgIpc) is 3.45. The number of hydrogen-bond acceptors (Lipinski definition) is 5. The number of anilines is 1. The van der Waals surface area contributed by atoms with Gasteiger partial charge < -0.3 is 16.0 Å². The van der Waals surface area contributed by atoms with Crippen molar-refractivity contribution in [1.82, 2.24) is 20.7 Å². The number of rotatable bonds is 7. The highest BCUT2D eigenvalue weighted by atomic mass is 19.1. The maximum atomic E-state index is 14.1. The first-order valence-electron chi connectivity index (χ1n) is 13.0. The van der Waals surface area contributed by atoms with Crippen LogP contribution in [0.15, 0.2) is 72.9 Å². The number of carbonyl (C=O) groups is 2. The third kappa shape index (κ3) is 5.58. The maximum Gasteiger partial charge on any atom is 0.249 e. The fourth-order valence-corrected chi connectivity index (χ4v) is 4.88. The highest BCUT2D eigenvalue weighted by molar-refractivity contribution is 6.01. The number of hydrogen-bond donors (Lipinski definition) is 3. The van der Waals surface area contributed by atoms with Crippen molar-refractivity contribution in [3.8, 4) is 22.4 Å². The first kappa shape index (κ1) is 26.2. The third-order valence-corrected chi connectivity index (χ3v) is 7.16. The van der Waals surface area contributed by atoms with Gasteiger partial charge in [0.25, 0.3) is 0 Å². The van der Waals surface area contributed by atoms with E-state index in [0.717, 1.165) is 33.5 Å². The molecule has 200 valence electrons. The number of nitrogens with zero attached hydrogens (tertiary/aromatic N) is 3. The monoisotopic (exact) mass is 526 g/mol. The van der Waals surface area contributed by atoms with Gasteiger partial charge >= 0.3 is 0 Å². The summed E-state index contributed by atoms with van der Waals surface area (Å²) in [5.74, 6) is -1.04. The molecule has 39 heavy (non-hydrogen) atoms. The Morgan fingerprint density at radius 3 is 2.56 bits per heavy atom. The molecular formula is C30H31FN6O2. The number of aryl methyl sites for hydroxylation is 1. The first-order valence-corrected chi connectivity index (χ1v) is 13.0. The molecule has 8 nitrogen and oxygen atoms in total. The summed E-state index contributed by atoms with van der Waals surface area (Å²) in [6, 6.07) is 18.9. The summed E-state index contributed by atoms with van der Waals surface area (Å²) in [5, 5.41) is 13.6. The predicted molar refractivity (Wildman–Crippen MR) is 148 cm³/mol. The number of aromatic amines is 1. The molecule has 2 atom stereocenters. The van der Waals surface area contributed by atoms with Gasteiger partial charge in [-0.15, -0.1) is 0 Å². The lowest BCUT2D eigenvalue weighted by Gasteiger charge is -2.27. The molecule has 0 bridgehead atoms. The third-order valence-electron chi connectivity index (χ3n) is 7.16. The fourth-order valence-electron chi connectivity index (χ4n) is 4.88. The van der Waals surface area contributed by atoms with Gasteiger partial charge in [0.15, 0.2) is 0 Å². The van der Waals surface area contributed by atoms with E-state index in [-0.39, 0.29) is 30.1 Å².